The van der Waals surface area contributed by atoms with Crippen molar-refractivity contribution in [3.8, 4) is 0 Å². The van der Waals surface area contributed by atoms with Gasteiger partial charge in [-0.15, -0.1) is 0 Å². The van der Waals surface area contributed by atoms with Crippen LogP contribution in [0.25, 0.3) is 0 Å². The second kappa shape index (κ2) is 6.14. The quantitative estimate of drug-likeness (QED) is 0.871. The highest BCUT2D eigenvalue weighted by atomic mass is 15.2. The molecule has 0 unspecified atom stereocenters. The smallest absolute Gasteiger partial charge is 0.146 e. The van der Waals surface area contributed by atoms with Gasteiger partial charge in [0.1, 0.15) is 5.82 Å². The fraction of sp³-hybridized carbons (Fsp3) is 0.714. The zero-order valence-corrected chi connectivity index (χ0v) is 12.5. The van der Waals surface area contributed by atoms with Crippen LogP contribution in [0.3, 0.4) is 0 Å². The Bertz CT molecular complexity index is 351. The molecular formula is C14H26N4. The monoisotopic (exact) mass is 250 g/mol. The molecule has 0 saturated heterocycles. The van der Waals surface area contributed by atoms with E-state index in [4.69, 9.17) is 0 Å². The van der Waals surface area contributed by atoms with E-state index in [1.807, 2.05) is 12.4 Å². The van der Waals surface area contributed by atoms with E-state index in [2.05, 4.69) is 61.9 Å². The average Bonchev–Trinajstić information content (AvgIpc) is 2.25. The molecule has 1 aromatic heterocycles. The Morgan fingerprint density at radius 3 is 2.33 bits per heavy atom. The summed E-state index contributed by atoms with van der Waals surface area (Å²) in [7, 11) is 2.05. The van der Waals surface area contributed by atoms with Gasteiger partial charge in [0.15, 0.2) is 0 Å². The molecule has 0 fully saturated rings. The van der Waals surface area contributed by atoms with Crippen LogP contribution >= 0.6 is 0 Å². The molecule has 1 aromatic rings. The maximum absolute atomic E-state index is 4.46. The van der Waals surface area contributed by atoms with Gasteiger partial charge in [0.05, 0.1) is 18.1 Å². The minimum atomic E-state index is 0.106. The number of nitrogens with zero attached hydrogens (tertiary/aromatic N) is 3. The highest BCUT2D eigenvalue weighted by Gasteiger charge is 2.10. The van der Waals surface area contributed by atoms with Gasteiger partial charge in [-0.05, 0) is 26.7 Å². The molecule has 0 spiro atoms. The fourth-order valence-electron chi connectivity index (χ4n) is 1.63. The molecule has 0 atom stereocenters. The summed E-state index contributed by atoms with van der Waals surface area (Å²) in [6.45, 7) is 12.6. The van der Waals surface area contributed by atoms with Crippen molar-refractivity contribution in [2.24, 2.45) is 5.92 Å². The first kappa shape index (κ1) is 14.9. The van der Waals surface area contributed by atoms with Gasteiger partial charge >= 0.3 is 0 Å². The van der Waals surface area contributed by atoms with Gasteiger partial charge in [0.2, 0.25) is 0 Å². The standard InChI is InChI=1S/C14H26N4/c1-11(2)10-18(6)13-9-15-12(7-16-13)8-17-14(3,4)5/h7,9,11,17H,8,10H2,1-6H3. The van der Waals surface area contributed by atoms with Gasteiger partial charge in [-0.2, -0.15) is 0 Å². The van der Waals surface area contributed by atoms with E-state index in [-0.39, 0.29) is 5.54 Å². The predicted octanol–water partition coefficient (Wildman–Crippen LogP) is 2.46. The number of rotatable bonds is 5. The molecule has 0 radical (unpaired) electrons. The van der Waals surface area contributed by atoms with Crippen LogP contribution in [-0.4, -0.2) is 29.1 Å². The Morgan fingerprint density at radius 1 is 1.22 bits per heavy atom. The zero-order valence-electron chi connectivity index (χ0n) is 12.5. The third-order valence-electron chi connectivity index (χ3n) is 2.52. The Kier molecular flexibility index (Phi) is 5.08. The SMILES string of the molecule is CC(C)CN(C)c1cnc(CNC(C)(C)C)cn1. The van der Waals surface area contributed by atoms with Crippen LogP contribution in [0.1, 0.15) is 40.3 Å². The minimum Gasteiger partial charge on any atom is -0.358 e. The third kappa shape index (κ3) is 5.45. The minimum absolute atomic E-state index is 0.106. The molecule has 0 aromatic carbocycles. The lowest BCUT2D eigenvalue weighted by molar-refractivity contribution is 0.421. The normalized spacial score (nSPS) is 11.9. The van der Waals surface area contributed by atoms with Crippen molar-refractivity contribution in [3.05, 3.63) is 18.1 Å². The van der Waals surface area contributed by atoms with E-state index in [9.17, 15) is 0 Å². The Hall–Kier alpha value is -1.16. The van der Waals surface area contributed by atoms with E-state index in [0.29, 0.717) is 5.92 Å². The van der Waals surface area contributed by atoms with E-state index < -0.39 is 0 Å². The van der Waals surface area contributed by atoms with Gasteiger partial charge in [-0.25, -0.2) is 4.98 Å². The van der Waals surface area contributed by atoms with Gasteiger partial charge in [-0.1, -0.05) is 13.8 Å². The maximum Gasteiger partial charge on any atom is 0.146 e. The molecule has 0 aliphatic rings. The average molecular weight is 250 g/mol. The first-order chi connectivity index (χ1) is 8.28. The summed E-state index contributed by atoms with van der Waals surface area (Å²) >= 11 is 0. The first-order valence-corrected chi connectivity index (χ1v) is 6.55. The van der Waals surface area contributed by atoms with Crippen LogP contribution in [-0.2, 0) is 6.54 Å². The predicted molar refractivity (Wildman–Crippen MR) is 76.7 cm³/mol. The number of anilines is 1. The highest BCUT2D eigenvalue weighted by Crippen LogP contribution is 2.09. The molecule has 18 heavy (non-hydrogen) atoms. The van der Waals surface area contributed by atoms with Gasteiger partial charge in [-0.3, -0.25) is 4.98 Å². The van der Waals surface area contributed by atoms with Gasteiger partial charge in [0, 0.05) is 25.7 Å². The molecule has 1 rings (SSSR count). The Labute approximate surface area is 111 Å². The summed E-state index contributed by atoms with van der Waals surface area (Å²) in [5, 5.41) is 3.40. The second-order valence-electron chi connectivity index (χ2n) is 6.24. The van der Waals surface area contributed by atoms with Crippen molar-refractivity contribution in [1.29, 1.82) is 0 Å². The first-order valence-electron chi connectivity index (χ1n) is 6.55. The van der Waals surface area contributed by atoms with Gasteiger partial charge < -0.3 is 10.2 Å². The van der Waals surface area contributed by atoms with Crippen LogP contribution < -0.4 is 10.2 Å². The topological polar surface area (TPSA) is 41.1 Å². The summed E-state index contributed by atoms with van der Waals surface area (Å²) in [4.78, 5) is 11.0. The van der Waals surface area contributed by atoms with Crippen LogP contribution in [0.4, 0.5) is 5.82 Å². The zero-order chi connectivity index (χ0) is 13.8. The third-order valence-corrected chi connectivity index (χ3v) is 2.52. The number of hydrogen-bond acceptors (Lipinski definition) is 4. The lowest BCUT2D eigenvalue weighted by atomic mass is 10.1. The molecule has 1 heterocycles. The number of aromatic nitrogens is 2. The Morgan fingerprint density at radius 2 is 1.89 bits per heavy atom. The van der Waals surface area contributed by atoms with E-state index in [1.54, 1.807) is 0 Å². The van der Waals surface area contributed by atoms with Crippen molar-refractivity contribution < 1.29 is 0 Å². The molecule has 102 valence electrons. The van der Waals surface area contributed by atoms with Crippen LogP contribution in [0, 0.1) is 5.92 Å². The molecule has 0 aliphatic heterocycles. The second-order valence-corrected chi connectivity index (χ2v) is 6.24. The fourth-order valence-corrected chi connectivity index (χ4v) is 1.63. The van der Waals surface area contributed by atoms with Crippen molar-refractivity contribution in [3.63, 3.8) is 0 Å². The summed E-state index contributed by atoms with van der Waals surface area (Å²) < 4.78 is 0. The summed E-state index contributed by atoms with van der Waals surface area (Å²) in [6, 6.07) is 0. The molecule has 0 amide bonds. The van der Waals surface area contributed by atoms with Gasteiger partial charge in [0.25, 0.3) is 0 Å². The van der Waals surface area contributed by atoms with E-state index in [1.165, 1.54) is 0 Å². The van der Waals surface area contributed by atoms with E-state index >= 15 is 0 Å². The van der Waals surface area contributed by atoms with Crippen molar-refractivity contribution >= 4 is 5.82 Å². The Balaban J connectivity index is 2.57. The van der Waals surface area contributed by atoms with E-state index in [0.717, 1.165) is 24.6 Å². The molecule has 1 N–H and O–H groups in total. The summed E-state index contributed by atoms with van der Waals surface area (Å²) in [5.74, 6) is 1.56. The number of nitrogens with one attached hydrogen (secondary N) is 1. The molecule has 0 bridgehead atoms. The van der Waals surface area contributed by atoms with Crippen LogP contribution in [0.15, 0.2) is 12.4 Å². The molecule has 4 nitrogen and oxygen atoms in total. The summed E-state index contributed by atoms with van der Waals surface area (Å²) in [5.41, 5.74) is 1.08. The van der Waals surface area contributed by atoms with Crippen molar-refractivity contribution in [2.45, 2.75) is 46.7 Å². The maximum atomic E-state index is 4.46. The van der Waals surface area contributed by atoms with Crippen LogP contribution in [0.2, 0.25) is 0 Å². The highest BCUT2D eigenvalue weighted by molar-refractivity contribution is 5.34. The summed E-state index contributed by atoms with van der Waals surface area (Å²) in [6.07, 6.45) is 3.70. The van der Waals surface area contributed by atoms with Crippen molar-refractivity contribution in [1.82, 2.24) is 15.3 Å². The lowest BCUT2D eigenvalue weighted by Crippen LogP contribution is -2.35. The largest absolute Gasteiger partial charge is 0.358 e. The molecule has 0 aliphatic carbocycles. The van der Waals surface area contributed by atoms with Crippen molar-refractivity contribution in [2.75, 3.05) is 18.5 Å². The lowest BCUT2D eigenvalue weighted by Gasteiger charge is -2.21. The van der Waals surface area contributed by atoms with Crippen LogP contribution in [0.5, 0.6) is 0 Å². The number of hydrogen-bond donors (Lipinski definition) is 1. The molecular weight excluding hydrogens is 224 g/mol. The molecule has 4 heteroatoms. The molecule has 0 saturated carbocycles.